The molecule has 132 valence electrons. The summed E-state index contributed by atoms with van der Waals surface area (Å²) in [6.45, 7) is 6.85. The SMILES string of the molecule is C#Cc1ccc(CN2CCN(Cc3ccc(C)o3)[C@@H](CCO)C2)cc1. The van der Waals surface area contributed by atoms with E-state index in [9.17, 15) is 5.11 Å². The molecule has 1 aromatic heterocycles. The molecule has 0 aliphatic carbocycles. The lowest BCUT2D eigenvalue weighted by atomic mass is 10.1. The monoisotopic (exact) mass is 338 g/mol. The van der Waals surface area contributed by atoms with Crippen LogP contribution in [0.15, 0.2) is 40.8 Å². The maximum absolute atomic E-state index is 9.45. The number of aryl methyl sites for hydroxylation is 1. The predicted molar refractivity (Wildman–Crippen MR) is 99.0 cm³/mol. The van der Waals surface area contributed by atoms with Crippen molar-refractivity contribution in [3.05, 3.63) is 59.0 Å². The van der Waals surface area contributed by atoms with Crippen molar-refractivity contribution in [1.82, 2.24) is 9.80 Å². The molecule has 1 aliphatic rings. The highest BCUT2D eigenvalue weighted by atomic mass is 16.3. The van der Waals surface area contributed by atoms with Gasteiger partial charge in [0, 0.05) is 44.4 Å². The Hall–Kier alpha value is -2.06. The normalized spacial score (nSPS) is 19.0. The first-order valence-electron chi connectivity index (χ1n) is 8.86. The van der Waals surface area contributed by atoms with Crippen LogP contribution in [0.4, 0.5) is 0 Å². The summed E-state index contributed by atoms with van der Waals surface area (Å²) in [5, 5.41) is 9.45. The second-order valence-corrected chi connectivity index (χ2v) is 6.73. The number of rotatable bonds is 6. The molecule has 0 bridgehead atoms. The maximum Gasteiger partial charge on any atom is 0.118 e. The molecule has 1 N–H and O–H groups in total. The number of hydrogen-bond donors (Lipinski definition) is 1. The summed E-state index contributed by atoms with van der Waals surface area (Å²) in [7, 11) is 0. The Balaban J connectivity index is 1.60. The standard InChI is InChI=1S/C21H26N2O2/c1-3-18-5-7-19(8-6-18)14-22-11-12-23(20(15-22)10-13-24)16-21-9-4-17(2)25-21/h1,4-9,20,24H,10-16H2,2H3/t20-/m0/s1. The molecule has 1 aliphatic heterocycles. The maximum atomic E-state index is 9.45. The number of hydrogen-bond acceptors (Lipinski definition) is 4. The lowest BCUT2D eigenvalue weighted by Gasteiger charge is -2.41. The van der Waals surface area contributed by atoms with Gasteiger partial charge in [0.15, 0.2) is 0 Å². The number of furan rings is 1. The summed E-state index contributed by atoms with van der Waals surface area (Å²) in [6, 6.07) is 12.6. The van der Waals surface area contributed by atoms with Crippen LogP contribution in [0, 0.1) is 19.3 Å². The van der Waals surface area contributed by atoms with Crippen molar-refractivity contribution < 1.29 is 9.52 Å². The summed E-state index contributed by atoms with van der Waals surface area (Å²) in [6.07, 6.45) is 6.20. The van der Waals surface area contributed by atoms with E-state index in [4.69, 9.17) is 10.8 Å². The number of nitrogens with zero attached hydrogens (tertiary/aromatic N) is 2. The second-order valence-electron chi connectivity index (χ2n) is 6.73. The smallest absolute Gasteiger partial charge is 0.118 e. The Labute approximate surface area is 150 Å². The van der Waals surface area contributed by atoms with Gasteiger partial charge in [-0.3, -0.25) is 9.80 Å². The van der Waals surface area contributed by atoms with Gasteiger partial charge in [-0.2, -0.15) is 0 Å². The molecule has 2 aromatic rings. The van der Waals surface area contributed by atoms with Gasteiger partial charge in [-0.25, -0.2) is 0 Å². The minimum Gasteiger partial charge on any atom is -0.465 e. The lowest BCUT2D eigenvalue weighted by Crippen LogP contribution is -2.52. The minimum absolute atomic E-state index is 0.211. The molecule has 3 rings (SSSR count). The lowest BCUT2D eigenvalue weighted by molar-refractivity contribution is 0.0454. The summed E-state index contributed by atoms with van der Waals surface area (Å²) in [5.41, 5.74) is 2.19. The zero-order valence-electron chi connectivity index (χ0n) is 14.8. The van der Waals surface area contributed by atoms with E-state index in [0.29, 0.717) is 6.04 Å². The van der Waals surface area contributed by atoms with Gasteiger partial charge in [0.25, 0.3) is 0 Å². The summed E-state index contributed by atoms with van der Waals surface area (Å²) in [5.74, 6) is 4.60. The molecule has 0 amide bonds. The van der Waals surface area contributed by atoms with Crippen molar-refractivity contribution in [2.24, 2.45) is 0 Å². The number of piperazine rings is 1. The highest BCUT2D eigenvalue weighted by molar-refractivity contribution is 5.34. The highest BCUT2D eigenvalue weighted by Crippen LogP contribution is 2.19. The van der Waals surface area contributed by atoms with Gasteiger partial charge in [0.2, 0.25) is 0 Å². The molecule has 0 radical (unpaired) electrons. The van der Waals surface area contributed by atoms with E-state index < -0.39 is 0 Å². The van der Waals surface area contributed by atoms with Crippen molar-refractivity contribution in [3.8, 4) is 12.3 Å². The van der Waals surface area contributed by atoms with E-state index >= 15 is 0 Å². The van der Waals surface area contributed by atoms with Crippen molar-refractivity contribution in [2.75, 3.05) is 26.2 Å². The van der Waals surface area contributed by atoms with E-state index in [1.165, 1.54) is 5.56 Å². The quantitative estimate of drug-likeness (QED) is 0.822. The van der Waals surface area contributed by atoms with Gasteiger partial charge in [-0.05, 0) is 43.2 Å². The van der Waals surface area contributed by atoms with Crippen molar-refractivity contribution >= 4 is 0 Å². The van der Waals surface area contributed by atoms with Crippen molar-refractivity contribution in [2.45, 2.75) is 32.5 Å². The highest BCUT2D eigenvalue weighted by Gasteiger charge is 2.27. The Kier molecular flexibility index (Phi) is 5.93. The molecule has 0 spiro atoms. The second kappa shape index (κ2) is 8.35. The van der Waals surface area contributed by atoms with Gasteiger partial charge in [-0.15, -0.1) is 6.42 Å². The number of aliphatic hydroxyl groups excluding tert-OH is 1. The molecule has 1 aromatic carbocycles. The van der Waals surface area contributed by atoms with E-state index in [1.54, 1.807) is 0 Å². The van der Waals surface area contributed by atoms with Crippen LogP contribution in [0.5, 0.6) is 0 Å². The molecule has 1 saturated heterocycles. The Bertz CT molecular complexity index is 714. The molecule has 1 atom stereocenters. The third-order valence-electron chi connectivity index (χ3n) is 4.83. The predicted octanol–water partition coefficient (Wildman–Crippen LogP) is 2.64. The van der Waals surface area contributed by atoms with Gasteiger partial charge >= 0.3 is 0 Å². The van der Waals surface area contributed by atoms with Crippen LogP contribution in [0.1, 0.15) is 29.1 Å². The number of aliphatic hydroxyl groups is 1. The average Bonchev–Trinajstić information content (AvgIpc) is 3.03. The van der Waals surface area contributed by atoms with Gasteiger partial charge in [-0.1, -0.05) is 18.1 Å². The number of benzene rings is 1. The molecule has 0 saturated carbocycles. The Morgan fingerprint density at radius 3 is 2.60 bits per heavy atom. The zero-order valence-corrected chi connectivity index (χ0v) is 14.8. The Morgan fingerprint density at radius 2 is 1.96 bits per heavy atom. The van der Waals surface area contributed by atoms with Crippen LogP contribution in [0.3, 0.4) is 0 Å². The summed E-state index contributed by atoms with van der Waals surface area (Å²) >= 11 is 0. The van der Waals surface area contributed by atoms with E-state index in [1.807, 2.05) is 31.2 Å². The minimum atomic E-state index is 0.211. The first-order chi connectivity index (χ1) is 12.2. The molecule has 4 nitrogen and oxygen atoms in total. The molecule has 4 heteroatoms. The molecule has 0 unspecified atom stereocenters. The fourth-order valence-electron chi connectivity index (χ4n) is 3.47. The van der Waals surface area contributed by atoms with Crippen LogP contribution in [-0.4, -0.2) is 47.2 Å². The average molecular weight is 338 g/mol. The van der Waals surface area contributed by atoms with Crippen molar-refractivity contribution in [1.29, 1.82) is 0 Å². The van der Waals surface area contributed by atoms with E-state index in [-0.39, 0.29) is 6.61 Å². The fraction of sp³-hybridized carbons (Fsp3) is 0.429. The Morgan fingerprint density at radius 1 is 1.16 bits per heavy atom. The van der Waals surface area contributed by atoms with Crippen LogP contribution in [-0.2, 0) is 13.1 Å². The summed E-state index contributed by atoms with van der Waals surface area (Å²) < 4.78 is 5.72. The third-order valence-corrected chi connectivity index (χ3v) is 4.83. The first kappa shape index (κ1) is 17.8. The zero-order chi connectivity index (χ0) is 17.6. The van der Waals surface area contributed by atoms with E-state index in [0.717, 1.165) is 56.2 Å². The van der Waals surface area contributed by atoms with Gasteiger partial charge in [0.05, 0.1) is 6.54 Å². The topological polar surface area (TPSA) is 39.9 Å². The van der Waals surface area contributed by atoms with Crippen LogP contribution >= 0.6 is 0 Å². The molecule has 1 fully saturated rings. The molecular formula is C21H26N2O2. The van der Waals surface area contributed by atoms with Crippen LogP contribution < -0.4 is 0 Å². The van der Waals surface area contributed by atoms with Crippen LogP contribution in [0.2, 0.25) is 0 Å². The van der Waals surface area contributed by atoms with Crippen LogP contribution in [0.25, 0.3) is 0 Å². The van der Waals surface area contributed by atoms with Crippen molar-refractivity contribution in [3.63, 3.8) is 0 Å². The third kappa shape index (κ3) is 4.73. The fourth-order valence-corrected chi connectivity index (χ4v) is 3.47. The first-order valence-corrected chi connectivity index (χ1v) is 8.86. The molecule has 2 heterocycles. The van der Waals surface area contributed by atoms with Gasteiger partial charge in [0.1, 0.15) is 11.5 Å². The largest absolute Gasteiger partial charge is 0.465 e. The van der Waals surface area contributed by atoms with Gasteiger partial charge < -0.3 is 9.52 Å². The molecule has 25 heavy (non-hydrogen) atoms. The number of terminal acetylenes is 1. The summed E-state index contributed by atoms with van der Waals surface area (Å²) in [4.78, 5) is 4.88. The molecular weight excluding hydrogens is 312 g/mol. The van der Waals surface area contributed by atoms with E-state index in [2.05, 4.69) is 27.9 Å².